The average Bonchev–Trinajstić information content (AvgIpc) is 2.34. The van der Waals surface area contributed by atoms with E-state index < -0.39 is 0 Å². The van der Waals surface area contributed by atoms with Crippen molar-refractivity contribution < 1.29 is 0 Å². The maximum atomic E-state index is 5.72. The third kappa shape index (κ3) is 4.64. The molecule has 1 aromatic rings. The van der Waals surface area contributed by atoms with Crippen molar-refractivity contribution in [2.24, 2.45) is 10.7 Å². The van der Waals surface area contributed by atoms with E-state index in [0.717, 1.165) is 17.6 Å². The van der Waals surface area contributed by atoms with Crippen LogP contribution in [0, 0.1) is 0 Å². The van der Waals surface area contributed by atoms with Crippen LogP contribution in [0.3, 0.4) is 0 Å². The maximum absolute atomic E-state index is 5.72. The predicted octanol–water partition coefficient (Wildman–Crippen LogP) is 2.06. The maximum Gasteiger partial charge on any atom is 0.189 e. The van der Waals surface area contributed by atoms with Crippen LogP contribution < -0.4 is 11.1 Å². The molecular formula is C13H19N3. The van der Waals surface area contributed by atoms with E-state index >= 15 is 0 Å². The van der Waals surface area contributed by atoms with Crippen molar-refractivity contribution in [1.82, 2.24) is 5.32 Å². The molecule has 0 spiro atoms. The van der Waals surface area contributed by atoms with Gasteiger partial charge in [0.2, 0.25) is 0 Å². The van der Waals surface area contributed by atoms with E-state index in [1.807, 2.05) is 30.3 Å². The zero-order chi connectivity index (χ0) is 11.8. The molecule has 86 valence electrons. The molecular weight excluding hydrogens is 198 g/mol. The first kappa shape index (κ1) is 12.3. The van der Waals surface area contributed by atoms with Crippen molar-refractivity contribution in [3.05, 3.63) is 48.0 Å². The van der Waals surface area contributed by atoms with Gasteiger partial charge in [0.15, 0.2) is 5.96 Å². The fourth-order valence-electron chi connectivity index (χ4n) is 1.16. The zero-order valence-corrected chi connectivity index (χ0v) is 9.74. The monoisotopic (exact) mass is 217 g/mol. The number of hydrogen-bond donors (Lipinski definition) is 2. The third-order valence-corrected chi connectivity index (χ3v) is 2.29. The summed E-state index contributed by atoms with van der Waals surface area (Å²) in [6, 6.07) is 10.0. The van der Waals surface area contributed by atoms with Crippen LogP contribution in [0.2, 0.25) is 0 Å². The van der Waals surface area contributed by atoms with E-state index in [4.69, 9.17) is 5.73 Å². The Hall–Kier alpha value is -1.77. The molecule has 0 radical (unpaired) electrons. The first-order valence-electron chi connectivity index (χ1n) is 5.46. The van der Waals surface area contributed by atoms with Gasteiger partial charge in [0.25, 0.3) is 0 Å². The minimum atomic E-state index is 0.471. The van der Waals surface area contributed by atoms with Crippen LogP contribution in [0.4, 0.5) is 0 Å². The van der Waals surface area contributed by atoms with Crippen molar-refractivity contribution in [1.29, 1.82) is 0 Å². The number of guanidine groups is 1. The molecule has 3 nitrogen and oxygen atoms in total. The Morgan fingerprint density at radius 1 is 1.38 bits per heavy atom. The van der Waals surface area contributed by atoms with Gasteiger partial charge >= 0.3 is 0 Å². The van der Waals surface area contributed by atoms with Crippen molar-refractivity contribution in [2.45, 2.75) is 19.9 Å². The lowest BCUT2D eigenvalue weighted by Crippen LogP contribution is -2.32. The van der Waals surface area contributed by atoms with Crippen LogP contribution in [0.5, 0.6) is 0 Å². The summed E-state index contributed by atoms with van der Waals surface area (Å²) in [7, 11) is 0. The molecule has 0 bridgehead atoms. The minimum absolute atomic E-state index is 0.471. The van der Waals surface area contributed by atoms with Crippen molar-refractivity contribution in [2.75, 3.05) is 6.54 Å². The second kappa shape index (κ2) is 6.67. The fourth-order valence-corrected chi connectivity index (χ4v) is 1.16. The summed E-state index contributed by atoms with van der Waals surface area (Å²) in [6.07, 6.45) is 0.957. The summed E-state index contributed by atoms with van der Waals surface area (Å²) >= 11 is 0. The van der Waals surface area contributed by atoms with Crippen molar-refractivity contribution >= 4 is 5.96 Å². The molecule has 0 saturated carbocycles. The van der Waals surface area contributed by atoms with Gasteiger partial charge in [-0.25, -0.2) is 4.99 Å². The molecule has 0 aromatic heterocycles. The van der Waals surface area contributed by atoms with Gasteiger partial charge in [-0.3, -0.25) is 0 Å². The van der Waals surface area contributed by atoms with Crippen LogP contribution in [0.15, 0.2) is 47.5 Å². The number of nitrogens with one attached hydrogen (secondary N) is 1. The van der Waals surface area contributed by atoms with Gasteiger partial charge in [-0.1, -0.05) is 49.4 Å². The lowest BCUT2D eigenvalue weighted by atomic mass is 10.2. The van der Waals surface area contributed by atoms with Gasteiger partial charge in [-0.05, 0) is 12.0 Å². The normalized spacial score (nSPS) is 11.2. The number of nitrogens with zero attached hydrogens (tertiary/aromatic N) is 1. The van der Waals surface area contributed by atoms with Gasteiger partial charge in [-0.15, -0.1) is 0 Å². The predicted molar refractivity (Wildman–Crippen MR) is 69.2 cm³/mol. The summed E-state index contributed by atoms with van der Waals surface area (Å²) in [5.41, 5.74) is 8.00. The van der Waals surface area contributed by atoms with Crippen LogP contribution in [0.25, 0.3) is 0 Å². The number of hydrogen-bond acceptors (Lipinski definition) is 1. The lowest BCUT2D eigenvalue weighted by Gasteiger charge is -2.06. The Morgan fingerprint density at radius 3 is 2.69 bits per heavy atom. The standard InChI is InChI=1S/C13H19N3/c1-3-11(2)9-15-13(14)16-10-12-7-5-4-6-8-12/h4-8H,2-3,9-10H2,1H3,(H3,14,15,16). The second-order valence-electron chi connectivity index (χ2n) is 3.64. The van der Waals surface area contributed by atoms with Crippen LogP contribution in [-0.4, -0.2) is 12.5 Å². The van der Waals surface area contributed by atoms with E-state index in [-0.39, 0.29) is 0 Å². The smallest absolute Gasteiger partial charge is 0.189 e. The largest absolute Gasteiger partial charge is 0.370 e. The molecule has 0 amide bonds. The first-order chi connectivity index (χ1) is 7.72. The Bertz CT molecular complexity index is 355. The minimum Gasteiger partial charge on any atom is -0.370 e. The van der Waals surface area contributed by atoms with Crippen LogP contribution in [-0.2, 0) is 6.54 Å². The van der Waals surface area contributed by atoms with Gasteiger partial charge in [-0.2, -0.15) is 0 Å². The molecule has 0 heterocycles. The Kier molecular flexibility index (Phi) is 5.12. The molecule has 0 aliphatic rings. The molecule has 0 unspecified atom stereocenters. The van der Waals surface area contributed by atoms with Crippen molar-refractivity contribution in [3.8, 4) is 0 Å². The first-order valence-corrected chi connectivity index (χ1v) is 5.46. The van der Waals surface area contributed by atoms with Crippen molar-refractivity contribution in [3.63, 3.8) is 0 Å². The lowest BCUT2D eigenvalue weighted by molar-refractivity contribution is 0.901. The molecule has 0 aliphatic heterocycles. The molecule has 3 heteroatoms. The van der Waals surface area contributed by atoms with Crippen LogP contribution >= 0.6 is 0 Å². The number of aliphatic imine (C=N–C) groups is 1. The molecule has 1 aromatic carbocycles. The summed E-state index contributed by atoms with van der Waals surface area (Å²) in [5.74, 6) is 0.471. The number of benzene rings is 1. The Morgan fingerprint density at radius 2 is 2.06 bits per heavy atom. The van der Waals surface area contributed by atoms with Crippen LogP contribution in [0.1, 0.15) is 18.9 Å². The summed E-state index contributed by atoms with van der Waals surface area (Å²) in [5, 5.41) is 3.03. The highest BCUT2D eigenvalue weighted by molar-refractivity contribution is 5.78. The summed E-state index contributed by atoms with van der Waals surface area (Å²) in [4.78, 5) is 4.24. The van der Waals surface area contributed by atoms with Gasteiger partial charge < -0.3 is 11.1 Å². The Labute approximate surface area is 97.1 Å². The highest BCUT2D eigenvalue weighted by Gasteiger charge is 1.93. The number of rotatable bonds is 5. The summed E-state index contributed by atoms with van der Waals surface area (Å²) in [6.45, 7) is 7.27. The van der Waals surface area contributed by atoms with E-state index in [1.54, 1.807) is 0 Å². The summed E-state index contributed by atoms with van der Waals surface area (Å²) < 4.78 is 0. The van der Waals surface area contributed by atoms with Gasteiger partial charge in [0, 0.05) is 6.54 Å². The highest BCUT2D eigenvalue weighted by Crippen LogP contribution is 1.99. The van der Waals surface area contributed by atoms with E-state index in [1.165, 1.54) is 0 Å². The van der Waals surface area contributed by atoms with Gasteiger partial charge in [0.1, 0.15) is 0 Å². The molecule has 16 heavy (non-hydrogen) atoms. The Balaban J connectivity index is 2.37. The quantitative estimate of drug-likeness (QED) is 0.450. The van der Waals surface area contributed by atoms with Gasteiger partial charge in [0.05, 0.1) is 6.54 Å². The topological polar surface area (TPSA) is 50.4 Å². The molecule has 0 atom stereocenters. The highest BCUT2D eigenvalue weighted by atomic mass is 15.1. The average molecular weight is 217 g/mol. The SMILES string of the molecule is C=C(CC)CNC(N)=NCc1ccccc1. The van der Waals surface area contributed by atoms with E-state index in [2.05, 4.69) is 23.8 Å². The second-order valence-corrected chi connectivity index (χ2v) is 3.64. The number of nitrogens with two attached hydrogens (primary N) is 1. The molecule has 1 rings (SSSR count). The molecule has 3 N–H and O–H groups in total. The molecule has 0 saturated heterocycles. The van der Waals surface area contributed by atoms with E-state index in [0.29, 0.717) is 19.0 Å². The third-order valence-electron chi connectivity index (χ3n) is 2.29. The van der Waals surface area contributed by atoms with E-state index in [9.17, 15) is 0 Å². The molecule has 0 aliphatic carbocycles. The fraction of sp³-hybridized carbons (Fsp3) is 0.308. The zero-order valence-electron chi connectivity index (χ0n) is 9.74. The molecule has 0 fully saturated rings.